The van der Waals surface area contributed by atoms with Gasteiger partial charge in [-0.3, -0.25) is 4.79 Å². The number of fused-ring (bicyclic) bond motifs is 1. The van der Waals surface area contributed by atoms with Crippen LogP contribution >= 0.6 is 0 Å². The molecule has 0 aliphatic heterocycles. The molecule has 0 atom stereocenters. The highest BCUT2D eigenvalue weighted by Crippen LogP contribution is 2.21. The zero-order chi connectivity index (χ0) is 20.3. The van der Waals surface area contributed by atoms with Crippen molar-refractivity contribution in [1.29, 1.82) is 5.26 Å². The lowest BCUT2D eigenvalue weighted by atomic mass is 10.1. The van der Waals surface area contributed by atoms with E-state index in [4.69, 9.17) is 5.26 Å². The third-order valence-corrected chi connectivity index (χ3v) is 4.72. The third-order valence-electron chi connectivity index (χ3n) is 4.72. The maximum atomic E-state index is 13.3. The first kappa shape index (κ1) is 19.6. The fourth-order valence-corrected chi connectivity index (χ4v) is 3.26. The van der Waals surface area contributed by atoms with Crippen LogP contribution in [0.25, 0.3) is 11.0 Å². The second-order valence-electron chi connectivity index (χ2n) is 7.25. The molecular weight excluding hydrogens is 350 g/mol. The summed E-state index contributed by atoms with van der Waals surface area (Å²) in [7, 11) is 0. The van der Waals surface area contributed by atoms with Crippen LogP contribution in [0.1, 0.15) is 60.4 Å². The van der Waals surface area contributed by atoms with E-state index in [1.54, 1.807) is 18.3 Å². The normalized spacial score (nSPS) is 11.0. The van der Waals surface area contributed by atoms with E-state index in [0.29, 0.717) is 29.9 Å². The first-order valence-corrected chi connectivity index (χ1v) is 9.57. The second kappa shape index (κ2) is 8.22. The Morgan fingerprint density at radius 2 is 2.00 bits per heavy atom. The van der Waals surface area contributed by atoms with Crippen LogP contribution in [-0.4, -0.2) is 32.1 Å². The average molecular weight is 375 g/mol. The lowest BCUT2D eigenvalue weighted by Gasteiger charge is -2.23. The van der Waals surface area contributed by atoms with Gasteiger partial charge in [0, 0.05) is 24.5 Å². The lowest BCUT2D eigenvalue weighted by Crippen LogP contribution is -2.32. The van der Waals surface area contributed by atoms with Gasteiger partial charge in [0.1, 0.15) is 0 Å². The van der Waals surface area contributed by atoms with Gasteiger partial charge in [0.2, 0.25) is 0 Å². The maximum absolute atomic E-state index is 13.3. The number of carbonyl (C=O) groups is 1. The SMILES string of the molecule is CCCN(Cc1ccc(C#N)cc1)C(=O)c1cc2cnn(C(C)C)c2nc1C. The Balaban J connectivity index is 1.92. The summed E-state index contributed by atoms with van der Waals surface area (Å²) in [5, 5.41) is 14.2. The summed E-state index contributed by atoms with van der Waals surface area (Å²) in [4.78, 5) is 19.8. The Hall–Kier alpha value is -3.20. The van der Waals surface area contributed by atoms with Crippen LogP contribution in [0.15, 0.2) is 36.5 Å². The molecule has 144 valence electrons. The minimum Gasteiger partial charge on any atom is -0.334 e. The standard InChI is InChI=1S/C22H25N5O/c1-5-10-26(14-18-8-6-17(12-23)7-9-18)22(28)20-11-19-13-24-27(15(2)3)21(19)25-16(20)4/h6-9,11,13,15H,5,10,14H2,1-4H3. The number of hydrogen-bond acceptors (Lipinski definition) is 4. The van der Waals surface area contributed by atoms with Gasteiger partial charge in [0.05, 0.1) is 29.1 Å². The Morgan fingerprint density at radius 1 is 1.29 bits per heavy atom. The molecule has 0 aliphatic rings. The largest absolute Gasteiger partial charge is 0.334 e. The van der Waals surface area contributed by atoms with Gasteiger partial charge in [0.15, 0.2) is 5.65 Å². The molecule has 2 aromatic heterocycles. The van der Waals surface area contributed by atoms with Gasteiger partial charge in [-0.2, -0.15) is 10.4 Å². The molecule has 0 radical (unpaired) electrons. The molecule has 6 heteroatoms. The predicted octanol–water partition coefficient (Wildman–Crippen LogP) is 4.24. The molecule has 0 aliphatic carbocycles. The molecule has 28 heavy (non-hydrogen) atoms. The highest BCUT2D eigenvalue weighted by molar-refractivity contribution is 5.98. The number of pyridine rings is 1. The van der Waals surface area contributed by atoms with Gasteiger partial charge in [-0.25, -0.2) is 9.67 Å². The number of aromatic nitrogens is 3. The molecule has 0 N–H and O–H groups in total. The number of amides is 1. The molecule has 0 saturated carbocycles. The van der Waals surface area contributed by atoms with Crippen molar-refractivity contribution in [2.75, 3.05) is 6.54 Å². The fraction of sp³-hybridized carbons (Fsp3) is 0.364. The summed E-state index contributed by atoms with van der Waals surface area (Å²) in [5.41, 5.74) is 3.74. The van der Waals surface area contributed by atoms with Crippen molar-refractivity contribution >= 4 is 16.9 Å². The van der Waals surface area contributed by atoms with Crippen molar-refractivity contribution in [2.24, 2.45) is 0 Å². The second-order valence-corrected chi connectivity index (χ2v) is 7.25. The molecule has 0 saturated heterocycles. The van der Waals surface area contributed by atoms with Gasteiger partial charge >= 0.3 is 0 Å². The van der Waals surface area contributed by atoms with E-state index in [2.05, 4.69) is 36.9 Å². The minimum absolute atomic E-state index is 0.0320. The van der Waals surface area contributed by atoms with Crippen LogP contribution in [0, 0.1) is 18.3 Å². The van der Waals surface area contributed by atoms with Crippen molar-refractivity contribution < 1.29 is 4.79 Å². The Bertz CT molecular complexity index is 1030. The molecule has 0 spiro atoms. The van der Waals surface area contributed by atoms with Crippen molar-refractivity contribution in [1.82, 2.24) is 19.7 Å². The van der Waals surface area contributed by atoms with Crippen molar-refractivity contribution in [3.8, 4) is 6.07 Å². The van der Waals surface area contributed by atoms with E-state index in [9.17, 15) is 4.79 Å². The molecule has 3 aromatic rings. The van der Waals surface area contributed by atoms with Gasteiger partial charge in [0.25, 0.3) is 5.91 Å². The summed E-state index contributed by atoms with van der Waals surface area (Å²) < 4.78 is 1.87. The van der Waals surface area contributed by atoms with Crippen LogP contribution in [0.3, 0.4) is 0 Å². The summed E-state index contributed by atoms with van der Waals surface area (Å²) >= 11 is 0. The van der Waals surface area contributed by atoms with Crippen molar-refractivity contribution in [3.63, 3.8) is 0 Å². The predicted molar refractivity (Wildman–Crippen MR) is 109 cm³/mol. The molecular formula is C22H25N5O. The quantitative estimate of drug-likeness (QED) is 0.646. The van der Waals surface area contributed by atoms with E-state index >= 15 is 0 Å². The number of aryl methyl sites for hydroxylation is 1. The van der Waals surface area contributed by atoms with Crippen molar-refractivity contribution in [2.45, 2.75) is 46.7 Å². The van der Waals surface area contributed by atoms with E-state index in [0.717, 1.165) is 23.0 Å². The minimum atomic E-state index is -0.0320. The smallest absolute Gasteiger partial charge is 0.256 e. The van der Waals surface area contributed by atoms with Crippen LogP contribution in [-0.2, 0) is 6.54 Å². The van der Waals surface area contributed by atoms with E-state index < -0.39 is 0 Å². The first-order chi connectivity index (χ1) is 13.4. The summed E-state index contributed by atoms with van der Waals surface area (Å²) in [5.74, 6) is -0.0320. The Kier molecular flexibility index (Phi) is 5.74. The Morgan fingerprint density at radius 3 is 2.61 bits per heavy atom. The molecule has 1 amide bonds. The molecule has 0 bridgehead atoms. The molecule has 0 unspecified atom stereocenters. The maximum Gasteiger partial charge on any atom is 0.256 e. The van der Waals surface area contributed by atoms with Gasteiger partial charge in [-0.05, 0) is 51.0 Å². The summed E-state index contributed by atoms with van der Waals surface area (Å²) in [6.45, 7) is 9.20. The molecule has 0 fully saturated rings. The number of benzene rings is 1. The van der Waals surface area contributed by atoms with Crippen LogP contribution in [0.5, 0.6) is 0 Å². The van der Waals surface area contributed by atoms with Crippen molar-refractivity contribution in [3.05, 3.63) is 58.9 Å². The van der Waals surface area contributed by atoms with E-state index in [-0.39, 0.29) is 11.9 Å². The highest BCUT2D eigenvalue weighted by Gasteiger charge is 2.20. The molecule has 6 nitrogen and oxygen atoms in total. The number of carbonyl (C=O) groups excluding carboxylic acids is 1. The zero-order valence-electron chi connectivity index (χ0n) is 16.8. The van der Waals surface area contributed by atoms with Gasteiger partial charge in [-0.1, -0.05) is 19.1 Å². The molecule has 3 rings (SSSR count). The van der Waals surface area contributed by atoms with Gasteiger partial charge < -0.3 is 4.90 Å². The first-order valence-electron chi connectivity index (χ1n) is 9.57. The molecule has 1 aromatic carbocycles. The van der Waals surface area contributed by atoms with Crippen LogP contribution in [0.2, 0.25) is 0 Å². The van der Waals surface area contributed by atoms with Crippen LogP contribution < -0.4 is 0 Å². The lowest BCUT2D eigenvalue weighted by molar-refractivity contribution is 0.0742. The van der Waals surface area contributed by atoms with Crippen LogP contribution in [0.4, 0.5) is 0 Å². The number of nitrogens with zero attached hydrogens (tertiary/aromatic N) is 5. The Labute approximate surface area is 165 Å². The third kappa shape index (κ3) is 3.89. The number of hydrogen-bond donors (Lipinski definition) is 0. The van der Waals surface area contributed by atoms with E-state index in [1.165, 1.54) is 0 Å². The zero-order valence-corrected chi connectivity index (χ0v) is 16.8. The number of rotatable bonds is 6. The fourth-order valence-electron chi connectivity index (χ4n) is 3.26. The molecule has 2 heterocycles. The topological polar surface area (TPSA) is 74.8 Å². The highest BCUT2D eigenvalue weighted by atomic mass is 16.2. The average Bonchev–Trinajstić information content (AvgIpc) is 3.10. The summed E-state index contributed by atoms with van der Waals surface area (Å²) in [6, 6.07) is 11.6. The number of nitriles is 1. The van der Waals surface area contributed by atoms with Gasteiger partial charge in [-0.15, -0.1) is 0 Å². The monoisotopic (exact) mass is 375 g/mol. The summed E-state index contributed by atoms with van der Waals surface area (Å²) in [6.07, 6.45) is 2.63. The van der Waals surface area contributed by atoms with E-state index in [1.807, 2.05) is 34.7 Å².